The van der Waals surface area contributed by atoms with Gasteiger partial charge in [-0.15, -0.1) is 0 Å². The van der Waals surface area contributed by atoms with Crippen LogP contribution in [0.1, 0.15) is 53.1 Å². The average Bonchev–Trinajstić information content (AvgIpc) is 2.68. The predicted molar refractivity (Wildman–Crippen MR) is 101 cm³/mol. The first-order valence-electron chi connectivity index (χ1n) is 9.09. The van der Waals surface area contributed by atoms with Crippen LogP contribution in [0.2, 0.25) is 0 Å². The minimum atomic E-state index is 0.118. The molecule has 0 unspecified atom stereocenters. The summed E-state index contributed by atoms with van der Waals surface area (Å²) in [5.41, 5.74) is 3.28. The molecule has 3 heteroatoms. The minimum absolute atomic E-state index is 0.118. The molecule has 2 aromatic rings. The van der Waals surface area contributed by atoms with E-state index in [0.717, 1.165) is 36.8 Å². The third kappa shape index (κ3) is 4.29. The van der Waals surface area contributed by atoms with E-state index in [2.05, 4.69) is 30.3 Å². The third-order valence-corrected chi connectivity index (χ3v) is 5.35. The van der Waals surface area contributed by atoms with Crippen LogP contribution in [0.15, 0.2) is 54.6 Å². The van der Waals surface area contributed by atoms with E-state index in [-0.39, 0.29) is 5.91 Å². The maximum Gasteiger partial charge on any atom is 0.253 e. The summed E-state index contributed by atoms with van der Waals surface area (Å²) in [4.78, 5) is 14.7. The van der Waals surface area contributed by atoms with Crippen LogP contribution in [0.4, 0.5) is 0 Å². The first-order valence-corrected chi connectivity index (χ1v) is 9.09. The smallest absolute Gasteiger partial charge is 0.253 e. The second-order valence-electron chi connectivity index (χ2n) is 6.96. The van der Waals surface area contributed by atoms with E-state index < -0.39 is 0 Å². The van der Waals surface area contributed by atoms with Crippen molar-refractivity contribution in [1.29, 1.82) is 0 Å². The molecule has 25 heavy (non-hydrogen) atoms. The molecule has 1 amide bonds. The molecule has 0 radical (unpaired) electrons. The van der Waals surface area contributed by atoms with Gasteiger partial charge >= 0.3 is 0 Å². The lowest BCUT2D eigenvalue weighted by atomic mass is 9.81. The van der Waals surface area contributed by atoms with Gasteiger partial charge in [0.05, 0.1) is 6.61 Å². The molecule has 0 N–H and O–H groups in total. The van der Waals surface area contributed by atoms with Gasteiger partial charge in [-0.2, -0.15) is 0 Å². The number of hydrogen-bond donors (Lipinski definition) is 0. The fourth-order valence-corrected chi connectivity index (χ4v) is 3.80. The lowest BCUT2D eigenvalue weighted by Crippen LogP contribution is -2.39. The summed E-state index contributed by atoms with van der Waals surface area (Å²) >= 11 is 0. The monoisotopic (exact) mass is 337 g/mol. The molecule has 0 atom stereocenters. The second kappa shape index (κ2) is 8.30. The molecule has 2 aromatic carbocycles. The quantitative estimate of drug-likeness (QED) is 0.796. The average molecular weight is 337 g/mol. The molecule has 0 heterocycles. The Morgan fingerprint density at radius 3 is 2.24 bits per heavy atom. The Morgan fingerprint density at radius 1 is 1.00 bits per heavy atom. The number of hydrogen-bond acceptors (Lipinski definition) is 2. The Hall–Kier alpha value is -2.13. The van der Waals surface area contributed by atoms with Crippen molar-refractivity contribution in [3.8, 4) is 0 Å². The number of benzene rings is 2. The largest absolute Gasteiger partial charge is 0.380 e. The van der Waals surface area contributed by atoms with Crippen molar-refractivity contribution in [3.63, 3.8) is 0 Å². The molecule has 0 aliphatic heterocycles. The van der Waals surface area contributed by atoms with Gasteiger partial charge in [0.2, 0.25) is 0 Å². The highest BCUT2D eigenvalue weighted by Gasteiger charge is 2.27. The maximum absolute atomic E-state index is 12.8. The molecule has 1 aliphatic carbocycles. The summed E-state index contributed by atoms with van der Waals surface area (Å²) in [7, 11) is 3.62. The van der Waals surface area contributed by atoms with E-state index in [9.17, 15) is 4.79 Å². The van der Waals surface area contributed by atoms with E-state index in [1.54, 1.807) is 7.11 Å². The van der Waals surface area contributed by atoms with Gasteiger partial charge in [0, 0.05) is 25.8 Å². The van der Waals surface area contributed by atoms with Gasteiger partial charge in [0.25, 0.3) is 5.91 Å². The van der Waals surface area contributed by atoms with Gasteiger partial charge in [-0.05, 0) is 54.9 Å². The molecule has 0 bridgehead atoms. The lowest BCUT2D eigenvalue weighted by molar-refractivity contribution is 0.0689. The first kappa shape index (κ1) is 17.7. The van der Waals surface area contributed by atoms with Gasteiger partial charge in [-0.1, -0.05) is 42.5 Å². The third-order valence-electron chi connectivity index (χ3n) is 5.35. The Kier molecular flexibility index (Phi) is 5.87. The summed E-state index contributed by atoms with van der Waals surface area (Å²) in [6.07, 6.45) is 4.45. The van der Waals surface area contributed by atoms with E-state index in [1.807, 2.05) is 36.2 Å². The van der Waals surface area contributed by atoms with E-state index in [4.69, 9.17) is 4.74 Å². The first-order chi connectivity index (χ1) is 12.2. The fraction of sp³-hybridized carbons (Fsp3) is 0.409. The second-order valence-corrected chi connectivity index (χ2v) is 6.96. The summed E-state index contributed by atoms with van der Waals surface area (Å²) in [6.45, 7) is 0.577. The molecule has 132 valence electrons. The van der Waals surface area contributed by atoms with E-state index >= 15 is 0 Å². The topological polar surface area (TPSA) is 29.5 Å². The highest BCUT2D eigenvalue weighted by Crippen LogP contribution is 2.34. The number of carbonyl (C=O) groups excluding carboxylic acids is 1. The zero-order valence-corrected chi connectivity index (χ0v) is 15.2. The predicted octanol–water partition coefficient (Wildman–Crippen LogP) is 4.63. The fourth-order valence-electron chi connectivity index (χ4n) is 3.80. The summed E-state index contributed by atoms with van der Waals surface area (Å²) < 4.78 is 5.12. The summed E-state index contributed by atoms with van der Waals surface area (Å²) in [5.74, 6) is 0.751. The van der Waals surface area contributed by atoms with Crippen molar-refractivity contribution in [2.75, 3.05) is 14.2 Å². The van der Waals surface area contributed by atoms with Crippen LogP contribution in [-0.4, -0.2) is 31.0 Å². The number of rotatable bonds is 5. The van der Waals surface area contributed by atoms with Crippen LogP contribution in [0.25, 0.3) is 0 Å². The lowest BCUT2D eigenvalue weighted by Gasteiger charge is -2.35. The van der Waals surface area contributed by atoms with Crippen LogP contribution < -0.4 is 0 Å². The normalized spacial score (nSPS) is 20.2. The molecule has 3 rings (SSSR count). The zero-order valence-electron chi connectivity index (χ0n) is 15.2. The highest BCUT2D eigenvalue weighted by molar-refractivity contribution is 5.94. The van der Waals surface area contributed by atoms with Crippen molar-refractivity contribution in [3.05, 3.63) is 71.3 Å². The molecule has 0 aromatic heterocycles. The number of carbonyl (C=O) groups is 1. The van der Waals surface area contributed by atoms with E-state index in [0.29, 0.717) is 18.6 Å². The SMILES string of the molecule is COCc1ccc(C(=O)N(C)C2CCC(c3ccccc3)CC2)cc1. The van der Waals surface area contributed by atoms with Crippen molar-refractivity contribution in [2.24, 2.45) is 0 Å². The zero-order chi connectivity index (χ0) is 17.6. The Labute approximate surface area is 150 Å². The number of methoxy groups -OCH3 is 1. The van der Waals surface area contributed by atoms with Crippen LogP contribution in [0, 0.1) is 0 Å². The number of ether oxygens (including phenoxy) is 1. The van der Waals surface area contributed by atoms with Gasteiger partial charge in [-0.25, -0.2) is 0 Å². The Balaban J connectivity index is 1.58. The molecule has 3 nitrogen and oxygen atoms in total. The van der Waals surface area contributed by atoms with Gasteiger partial charge in [-0.3, -0.25) is 4.79 Å². The van der Waals surface area contributed by atoms with Crippen LogP contribution in [0.3, 0.4) is 0 Å². The maximum atomic E-state index is 12.8. The molecular formula is C22H27NO2. The van der Waals surface area contributed by atoms with Gasteiger partial charge < -0.3 is 9.64 Å². The van der Waals surface area contributed by atoms with Crippen molar-refractivity contribution in [1.82, 2.24) is 4.90 Å². The molecule has 1 saturated carbocycles. The Bertz CT molecular complexity index is 673. The number of nitrogens with zero attached hydrogens (tertiary/aromatic N) is 1. The van der Waals surface area contributed by atoms with E-state index in [1.165, 1.54) is 5.56 Å². The van der Waals surface area contributed by atoms with Crippen LogP contribution in [-0.2, 0) is 11.3 Å². The molecule has 1 fully saturated rings. The highest BCUT2D eigenvalue weighted by atomic mass is 16.5. The Morgan fingerprint density at radius 2 is 1.64 bits per heavy atom. The molecular weight excluding hydrogens is 310 g/mol. The van der Waals surface area contributed by atoms with Crippen LogP contribution >= 0.6 is 0 Å². The molecule has 0 saturated heterocycles. The van der Waals surface area contributed by atoms with Crippen molar-refractivity contribution in [2.45, 2.75) is 44.2 Å². The minimum Gasteiger partial charge on any atom is -0.380 e. The summed E-state index contributed by atoms with van der Waals surface area (Å²) in [6, 6.07) is 18.8. The summed E-state index contributed by atoms with van der Waals surface area (Å²) in [5, 5.41) is 0. The standard InChI is InChI=1S/C22H27NO2/c1-23(22(24)20-10-8-17(9-11-20)16-25-2)21-14-12-19(13-15-21)18-6-4-3-5-7-18/h3-11,19,21H,12-16H2,1-2H3. The van der Waals surface area contributed by atoms with Crippen LogP contribution in [0.5, 0.6) is 0 Å². The van der Waals surface area contributed by atoms with Gasteiger partial charge in [0.1, 0.15) is 0 Å². The molecule has 0 spiro atoms. The van der Waals surface area contributed by atoms with Gasteiger partial charge in [0.15, 0.2) is 0 Å². The van der Waals surface area contributed by atoms with Crippen molar-refractivity contribution >= 4 is 5.91 Å². The molecule has 1 aliphatic rings. The number of amides is 1. The van der Waals surface area contributed by atoms with Crippen molar-refractivity contribution < 1.29 is 9.53 Å².